The SMILES string of the molecule is COc1ccc(C(=O)N2CCCC(C(=O)Nc3nccs3)C2)c2ccccc12. The molecule has 0 bridgehead atoms. The minimum atomic E-state index is -0.230. The molecular formula is C21H21N3O3S. The van der Waals surface area contributed by atoms with Crippen molar-refractivity contribution >= 4 is 39.1 Å². The monoisotopic (exact) mass is 395 g/mol. The second-order valence-corrected chi connectivity index (χ2v) is 7.67. The number of thiazole rings is 1. The van der Waals surface area contributed by atoms with Crippen LogP contribution in [-0.4, -0.2) is 41.9 Å². The molecule has 7 heteroatoms. The number of likely N-dealkylation sites (tertiary alicyclic amines) is 1. The van der Waals surface area contributed by atoms with Crippen LogP contribution in [-0.2, 0) is 4.79 Å². The van der Waals surface area contributed by atoms with Gasteiger partial charge in [0.1, 0.15) is 5.75 Å². The Hall–Kier alpha value is -2.93. The van der Waals surface area contributed by atoms with E-state index in [0.717, 1.165) is 29.4 Å². The first-order valence-corrected chi connectivity index (χ1v) is 10.1. The molecule has 0 aliphatic carbocycles. The van der Waals surface area contributed by atoms with Gasteiger partial charge in [0.2, 0.25) is 5.91 Å². The van der Waals surface area contributed by atoms with E-state index in [9.17, 15) is 9.59 Å². The lowest BCUT2D eigenvalue weighted by Gasteiger charge is -2.32. The number of anilines is 1. The number of aromatic nitrogens is 1. The van der Waals surface area contributed by atoms with Crippen LogP contribution in [0.2, 0.25) is 0 Å². The summed E-state index contributed by atoms with van der Waals surface area (Å²) in [5.41, 5.74) is 0.636. The summed E-state index contributed by atoms with van der Waals surface area (Å²) in [6, 6.07) is 11.4. The molecule has 3 aromatic rings. The maximum Gasteiger partial charge on any atom is 0.254 e. The highest BCUT2D eigenvalue weighted by atomic mass is 32.1. The molecule has 0 radical (unpaired) electrons. The number of amides is 2. The van der Waals surface area contributed by atoms with Crippen molar-refractivity contribution in [1.29, 1.82) is 0 Å². The molecule has 2 amide bonds. The topological polar surface area (TPSA) is 71.5 Å². The summed E-state index contributed by atoms with van der Waals surface area (Å²) in [5, 5.41) is 7.03. The number of methoxy groups -OCH3 is 1. The van der Waals surface area contributed by atoms with Gasteiger partial charge in [0.05, 0.1) is 13.0 Å². The van der Waals surface area contributed by atoms with Gasteiger partial charge in [0.25, 0.3) is 5.91 Å². The first kappa shape index (κ1) is 18.4. The molecule has 1 saturated heterocycles. The van der Waals surface area contributed by atoms with E-state index >= 15 is 0 Å². The van der Waals surface area contributed by atoms with Crippen LogP contribution in [0.3, 0.4) is 0 Å². The largest absolute Gasteiger partial charge is 0.496 e. The molecule has 6 nitrogen and oxygen atoms in total. The van der Waals surface area contributed by atoms with E-state index in [4.69, 9.17) is 4.74 Å². The molecule has 1 unspecified atom stereocenters. The summed E-state index contributed by atoms with van der Waals surface area (Å²) in [7, 11) is 1.62. The third kappa shape index (κ3) is 3.57. The number of fused-ring (bicyclic) bond motifs is 1. The molecule has 1 N–H and O–H groups in total. The lowest BCUT2D eigenvalue weighted by Crippen LogP contribution is -2.43. The lowest BCUT2D eigenvalue weighted by atomic mass is 9.95. The molecule has 2 heterocycles. The van der Waals surface area contributed by atoms with E-state index < -0.39 is 0 Å². The Labute approximate surface area is 167 Å². The van der Waals surface area contributed by atoms with Crippen molar-refractivity contribution in [2.24, 2.45) is 5.92 Å². The standard InChI is InChI=1S/C21H21N3O3S/c1-27-18-9-8-17(15-6-2-3-7-16(15)18)20(26)24-11-4-5-14(13-24)19(25)23-21-22-10-12-28-21/h2-3,6-10,12,14H,4-5,11,13H2,1H3,(H,22,23,25). The highest BCUT2D eigenvalue weighted by molar-refractivity contribution is 7.13. The second kappa shape index (κ2) is 7.98. The lowest BCUT2D eigenvalue weighted by molar-refractivity contribution is -0.121. The predicted molar refractivity (Wildman–Crippen MR) is 110 cm³/mol. The third-order valence-corrected chi connectivity index (χ3v) is 5.76. The zero-order valence-electron chi connectivity index (χ0n) is 15.6. The van der Waals surface area contributed by atoms with E-state index in [0.29, 0.717) is 23.8 Å². The quantitative estimate of drug-likeness (QED) is 0.729. The third-order valence-electron chi connectivity index (χ3n) is 5.08. The maximum absolute atomic E-state index is 13.2. The molecule has 1 fully saturated rings. The number of hydrogen-bond acceptors (Lipinski definition) is 5. The minimum Gasteiger partial charge on any atom is -0.496 e. The molecule has 0 saturated carbocycles. The van der Waals surface area contributed by atoms with Crippen LogP contribution < -0.4 is 10.1 Å². The molecule has 1 aliphatic rings. The number of ether oxygens (including phenoxy) is 1. The van der Waals surface area contributed by atoms with Gasteiger partial charge in [-0.1, -0.05) is 24.3 Å². The number of benzene rings is 2. The van der Waals surface area contributed by atoms with Crippen LogP contribution in [0, 0.1) is 5.92 Å². The highest BCUT2D eigenvalue weighted by Gasteiger charge is 2.30. The Morgan fingerprint density at radius 1 is 1.21 bits per heavy atom. The van der Waals surface area contributed by atoms with Gasteiger partial charge in [-0.05, 0) is 30.4 Å². The number of piperidine rings is 1. The van der Waals surface area contributed by atoms with Crippen molar-refractivity contribution in [3.63, 3.8) is 0 Å². The number of carbonyl (C=O) groups is 2. The number of rotatable bonds is 4. The Kier molecular flexibility index (Phi) is 5.25. The molecule has 2 aromatic carbocycles. The van der Waals surface area contributed by atoms with Gasteiger partial charge in [-0.15, -0.1) is 11.3 Å². The zero-order valence-corrected chi connectivity index (χ0v) is 16.4. The van der Waals surface area contributed by atoms with Crippen LogP contribution in [0.1, 0.15) is 23.2 Å². The van der Waals surface area contributed by atoms with E-state index in [1.807, 2.05) is 41.8 Å². The van der Waals surface area contributed by atoms with Gasteiger partial charge < -0.3 is 15.0 Å². The molecule has 1 aromatic heterocycles. The van der Waals surface area contributed by atoms with E-state index in [1.54, 1.807) is 18.2 Å². The number of carbonyl (C=O) groups excluding carboxylic acids is 2. The summed E-state index contributed by atoms with van der Waals surface area (Å²) in [6.45, 7) is 1.07. The zero-order chi connectivity index (χ0) is 19.5. The van der Waals surface area contributed by atoms with Crippen LogP contribution in [0.25, 0.3) is 10.8 Å². The van der Waals surface area contributed by atoms with Crippen LogP contribution in [0.4, 0.5) is 5.13 Å². The van der Waals surface area contributed by atoms with Crippen molar-refractivity contribution < 1.29 is 14.3 Å². The van der Waals surface area contributed by atoms with Gasteiger partial charge in [0, 0.05) is 35.6 Å². The van der Waals surface area contributed by atoms with Crippen molar-refractivity contribution in [1.82, 2.24) is 9.88 Å². The number of nitrogens with one attached hydrogen (secondary N) is 1. The Bertz CT molecular complexity index is 1000. The fourth-order valence-electron chi connectivity index (χ4n) is 3.67. The first-order valence-electron chi connectivity index (χ1n) is 9.22. The average Bonchev–Trinajstić information content (AvgIpc) is 3.25. The summed E-state index contributed by atoms with van der Waals surface area (Å²) >= 11 is 1.39. The number of nitrogens with zero attached hydrogens (tertiary/aromatic N) is 2. The molecule has 144 valence electrons. The Morgan fingerprint density at radius 3 is 2.79 bits per heavy atom. The van der Waals surface area contributed by atoms with Gasteiger partial charge in [0.15, 0.2) is 5.13 Å². The molecule has 0 spiro atoms. The summed E-state index contributed by atoms with van der Waals surface area (Å²) in [6.07, 6.45) is 3.23. The van der Waals surface area contributed by atoms with Crippen LogP contribution in [0.5, 0.6) is 5.75 Å². The molecule has 28 heavy (non-hydrogen) atoms. The second-order valence-electron chi connectivity index (χ2n) is 6.78. The van der Waals surface area contributed by atoms with Crippen molar-refractivity contribution in [2.45, 2.75) is 12.8 Å². The molecule has 1 atom stereocenters. The Morgan fingerprint density at radius 2 is 2.04 bits per heavy atom. The summed E-state index contributed by atoms with van der Waals surface area (Å²) in [5.74, 6) is 0.384. The minimum absolute atomic E-state index is 0.0504. The summed E-state index contributed by atoms with van der Waals surface area (Å²) in [4.78, 5) is 31.7. The summed E-state index contributed by atoms with van der Waals surface area (Å²) < 4.78 is 5.42. The van der Waals surface area contributed by atoms with E-state index in [2.05, 4.69) is 10.3 Å². The maximum atomic E-state index is 13.2. The first-order chi connectivity index (χ1) is 13.7. The Balaban J connectivity index is 1.55. The highest BCUT2D eigenvalue weighted by Crippen LogP contribution is 2.30. The van der Waals surface area contributed by atoms with Crippen LogP contribution >= 0.6 is 11.3 Å². The van der Waals surface area contributed by atoms with E-state index in [-0.39, 0.29) is 17.7 Å². The van der Waals surface area contributed by atoms with Crippen molar-refractivity contribution in [3.05, 3.63) is 53.5 Å². The predicted octanol–water partition coefficient (Wildman–Crippen LogP) is 3.80. The normalized spacial score (nSPS) is 16.8. The average molecular weight is 395 g/mol. The molecule has 1 aliphatic heterocycles. The van der Waals surface area contributed by atoms with Gasteiger partial charge >= 0.3 is 0 Å². The van der Waals surface area contributed by atoms with Crippen molar-refractivity contribution in [3.8, 4) is 5.75 Å². The number of hydrogen-bond donors (Lipinski definition) is 1. The van der Waals surface area contributed by atoms with Crippen molar-refractivity contribution in [2.75, 3.05) is 25.5 Å². The van der Waals surface area contributed by atoms with Gasteiger partial charge in [-0.25, -0.2) is 4.98 Å². The smallest absolute Gasteiger partial charge is 0.254 e. The fraction of sp³-hybridized carbons (Fsp3) is 0.286. The van der Waals surface area contributed by atoms with Gasteiger partial charge in [-0.2, -0.15) is 0 Å². The van der Waals surface area contributed by atoms with Crippen LogP contribution in [0.15, 0.2) is 48.0 Å². The fourth-order valence-corrected chi connectivity index (χ4v) is 4.21. The molecular weight excluding hydrogens is 374 g/mol. The van der Waals surface area contributed by atoms with Gasteiger partial charge in [-0.3, -0.25) is 9.59 Å². The van der Waals surface area contributed by atoms with E-state index in [1.165, 1.54) is 11.3 Å². The molecule has 4 rings (SSSR count).